The molecule has 17 heavy (non-hydrogen) atoms. The molecule has 4 heteroatoms. The highest BCUT2D eigenvalue weighted by Crippen LogP contribution is 2.31. The lowest BCUT2D eigenvalue weighted by Crippen LogP contribution is -2.04. The molecule has 0 spiro atoms. The van der Waals surface area contributed by atoms with Crippen molar-refractivity contribution in [3.8, 4) is 5.75 Å². The maximum absolute atomic E-state index is 11.1. The highest BCUT2D eigenvalue weighted by atomic mass is 16.5. The molecule has 0 saturated heterocycles. The van der Waals surface area contributed by atoms with Gasteiger partial charge in [0.1, 0.15) is 11.4 Å². The number of aryl methyl sites for hydroxylation is 1. The number of rotatable bonds is 3. The summed E-state index contributed by atoms with van der Waals surface area (Å²) in [5, 5.41) is 9.94. The number of aromatic carboxylic acids is 1. The van der Waals surface area contributed by atoms with Crippen LogP contribution in [0.3, 0.4) is 0 Å². The van der Waals surface area contributed by atoms with E-state index in [2.05, 4.69) is 6.58 Å². The molecule has 4 nitrogen and oxygen atoms in total. The molecular weight excluding hydrogens is 218 g/mol. The van der Waals surface area contributed by atoms with Gasteiger partial charge in [-0.25, -0.2) is 4.79 Å². The first kappa shape index (κ1) is 11.3. The van der Waals surface area contributed by atoms with Crippen LogP contribution in [0.5, 0.6) is 5.75 Å². The van der Waals surface area contributed by atoms with Crippen LogP contribution in [0.2, 0.25) is 0 Å². The van der Waals surface area contributed by atoms with Gasteiger partial charge in [-0.1, -0.05) is 18.7 Å². The summed E-state index contributed by atoms with van der Waals surface area (Å²) >= 11 is 0. The third-order valence-electron chi connectivity index (χ3n) is 2.85. The van der Waals surface area contributed by atoms with Crippen LogP contribution in [0.15, 0.2) is 24.8 Å². The smallest absolute Gasteiger partial charge is 0.352 e. The Hall–Kier alpha value is -2.23. The quantitative estimate of drug-likeness (QED) is 0.883. The zero-order chi connectivity index (χ0) is 12.6. The Morgan fingerprint density at radius 3 is 2.76 bits per heavy atom. The summed E-state index contributed by atoms with van der Waals surface area (Å²) in [6.07, 6.45) is 1.70. The number of nitrogens with zero attached hydrogens (tertiary/aromatic N) is 1. The summed E-state index contributed by atoms with van der Waals surface area (Å²) < 4.78 is 6.87. The van der Waals surface area contributed by atoms with Gasteiger partial charge in [0.25, 0.3) is 0 Å². The zero-order valence-corrected chi connectivity index (χ0v) is 9.73. The molecule has 2 aromatic rings. The molecule has 0 aliphatic rings. The van der Waals surface area contributed by atoms with Crippen molar-refractivity contribution in [2.24, 2.45) is 7.05 Å². The van der Waals surface area contributed by atoms with Crippen molar-refractivity contribution < 1.29 is 14.6 Å². The number of ether oxygens (including phenoxy) is 1. The van der Waals surface area contributed by atoms with Crippen LogP contribution in [0.25, 0.3) is 17.0 Å². The highest BCUT2D eigenvalue weighted by molar-refractivity contribution is 6.00. The average molecular weight is 231 g/mol. The number of aromatic nitrogens is 1. The molecule has 1 aromatic heterocycles. The van der Waals surface area contributed by atoms with E-state index < -0.39 is 5.97 Å². The predicted molar refractivity (Wildman–Crippen MR) is 66.5 cm³/mol. The number of carbonyl (C=O) groups is 1. The first-order valence-corrected chi connectivity index (χ1v) is 5.12. The van der Waals surface area contributed by atoms with Crippen LogP contribution in [-0.2, 0) is 7.05 Å². The molecular formula is C13H13NO3. The maximum atomic E-state index is 11.1. The molecule has 2 rings (SSSR count). The molecule has 0 radical (unpaired) electrons. The van der Waals surface area contributed by atoms with Crippen molar-refractivity contribution in [3.05, 3.63) is 36.0 Å². The SMILES string of the molecule is C=Cc1ccc(OC)c2c1cc(C(=O)O)n2C. The van der Waals surface area contributed by atoms with E-state index in [1.54, 1.807) is 30.9 Å². The summed E-state index contributed by atoms with van der Waals surface area (Å²) in [4.78, 5) is 11.1. The summed E-state index contributed by atoms with van der Waals surface area (Å²) in [6.45, 7) is 3.72. The number of benzene rings is 1. The largest absolute Gasteiger partial charge is 0.495 e. The number of hydrogen-bond acceptors (Lipinski definition) is 2. The predicted octanol–water partition coefficient (Wildman–Crippen LogP) is 2.53. The van der Waals surface area contributed by atoms with Crippen LogP contribution in [0, 0.1) is 0 Å². The van der Waals surface area contributed by atoms with Gasteiger partial charge < -0.3 is 14.4 Å². The molecule has 0 atom stereocenters. The van der Waals surface area contributed by atoms with Gasteiger partial charge in [0.15, 0.2) is 0 Å². The van der Waals surface area contributed by atoms with Gasteiger partial charge in [0.05, 0.1) is 12.6 Å². The maximum Gasteiger partial charge on any atom is 0.352 e. The fourth-order valence-corrected chi connectivity index (χ4v) is 2.00. The second-order valence-electron chi connectivity index (χ2n) is 3.72. The zero-order valence-electron chi connectivity index (χ0n) is 9.73. The molecule has 0 unspecified atom stereocenters. The van der Waals surface area contributed by atoms with Gasteiger partial charge in [-0.15, -0.1) is 0 Å². The minimum Gasteiger partial charge on any atom is -0.495 e. The molecule has 1 aromatic carbocycles. The number of hydrogen-bond donors (Lipinski definition) is 1. The van der Waals surface area contributed by atoms with Gasteiger partial charge in [-0.2, -0.15) is 0 Å². The van der Waals surface area contributed by atoms with E-state index in [1.807, 2.05) is 12.1 Å². The van der Waals surface area contributed by atoms with Crippen molar-refractivity contribution in [3.63, 3.8) is 0 Å². The molecule has 0 bridgehead atoms. The summed E-state index contributed by atoms with van der Waals surface area (Å²) in [5.74, 6) is -0.304. The monoisotopic (exact) mass is 231 g/mol. The molecule has 0 fully saturated rings. The average Bonchev–Trinajstić information content (AvgIpc) is 2.67. The van der Waals surface area contributed by atoms with Crippen LogP contribution in [0.4, 0.5) is 0 Å². The Balaban J connectivity index is 2.92. The molecule has 0 saturated carbocycles. The van der Waals surface area contributed by atoms with E-state index in [0.29, 0.717) is 5.75 Å². The van der Waals surface area contributed by atoms with Crippen LogP contribution < -0.4 is 4.74 Å². The second kappa shape index (κ2) is 3.97. The van der Waals surface area contributed by atoms with Crippen molar-refractivity contribution >= 4 is 22.9 Å². The van der Waals surface area contributed by atoms with Crippen molar-refractivity contribution in [1.82, 2.24) is 4.57 Å². The van der Waals surface area contributed by atoms with Crippen LogP contribution >= 0.6 is 0 Å². The van der Waals surface area contributed by atoms with Gasteiger partial charge in [-0.3, -0.25) is 0 Å². The minimum absolute atomic E-state index is 0.229. The van der Waals surface area contributed by atoms with E-state index in [1.165, 1.54) is 0 Å². The third-order valence-corrected chi connectivity index (χ3v) is 2.85. The highest BCUT2D eigenvalue weighted by Gasteiger charge is 2.16. The van der Waals surface area contributed by atoms with Crippen LogP contribution in [0.1, 0.15) is 16.1 Å². The topological polar surface area (TPSA) is 51.5 Å². The first-order valence-electron chi connectivity index (χ1n) is 5.12. The fraction of sp³-hybridized carbons (Fsp3) is 0.154. The van der Waals surface area contributed by atoms with Crippen molar-refractivity contribution in [1.29, 1.82) is 0 Å². The Kier molecular flexibility index (Phi) is 2.63. The summed E-state index contributed by atoms with van der Waals surface area (Å²) in [5.41, 5.74) is 1.89. The van der Waals surface area contributed by atoms with E-state index in [-0.39, 0.29) is 5.69 Å². The molecule has 0 aliphatic carbocycles. The third kappa shape index (κ3) is 1.58. The lowest BCUT2D eigenvalue weighted by atomic mass is 10.1. The van der Waals surface area contributed by atoms with E-state index in [0.717, 1.165) is 16.5 Å². The van der Waals surface area contributed by atoms with Gasteiger partial charge in [0.2, 0.25) is 0 Å². The minimum atomic E-state index is -0.958. The molecule has 0 amide bonds. The Labute approximate surface area is 98.7 Å². The van der Waals surface area contributed by atoms with E-state index >= 15 is 0 Å². The standard InChI is InChI=1S/C13H13NO3/c1-4-8-5-6-11(17-3)12-9(8)7-10(13(15)16)14(12)2/h4-7H,1H2,2-3H3,(H,15,16). The van der Waals surface area contributed by atoms with Gasteiger partial charge in [-0.05, 0) is 17.7 Å². The molecule has 88 valence electrons. The Bertz CT molecular complexity index is 611. The molecule has 1 heterocycles. The molecule has 1 N–H and O–H groups in total. The fourth-order valence-electron chi connectivity index (χ4n) is 2.00. The van der Waals surface area contributed by atoms with Crippen molar-refractivity contribution in [2.75, 3.05) is 7.11 Å². The second-order valence-corrected chi connectivity index (χ2v) is 3.72. The number of methoxy groups -OCH3 is 1. The number of carboxylic acid groups (broad SMARTS) is 1. The Morgan fingerprint density at radius 2 is 2.24 bits per heavy atom. The normalized spacial score (nSPS) is 10.5. The lowest BCUT2D eigenvalue weighted by molar-refractivity contribution is 0.0687. The first-order chi connectivity index (χ1) is 8.10. The van der Waals surface area contributed by atoms with E-state index in [4.69, 9.17) is 9.84 Å². The molecule has 0 aliphatic heterocycles. The summed E-state index contributed by atoms with van der Waals surface area (Å²) in [6, 6.07) is 5.31. The lowest BCUT2D eigenvalue weighted by Gasteiger charge is -2.07. The van der Waals surface area contributed by atoms with Crippen molar-refractivity contribution in [2.45, 2.75) is 0 Å². The van der Waals surface area contributed by atoms with E-state index in [9.17, 15) is 4.79 Å². The van der Waals surface area contributed by atoms with Gasteiger partial charge in [0, 0.05) is 12.4 Å². The summed E-state index contributed by atoms with van der Waals surface area (Å²) in [7, 11) is 3.27. The van der Waals surface area contributed by atoms with Gasteiger partial charge >= 0.3 is 5.97 Å². The number of fused-ring (bicyclic) bond motifs is 1. The Morgan fingerprint density at radius 1 is 1.53 bits per heavy atom. The number of carboxylic acids is 1. The van der Waals surface area contributed by atoms with Crippen LogP contribution in [-0.4, -0.2) is 22.8 Å².